The van der Waals surface area contributed by atoms with Crippen molar-refractivity contribution in [1.29, 1.82) is 0 Å². The minimum absolute atomic E-state index is 0.143. The molecule has 1 atom stereocenters. The molecule has 27 heavy (non-hydrogen) atoms. The van der Waals surface area contributed by atoms with E-state index in [0.717, 1.165) is 33.4 Å². The Balaban J connectivity index is 1.82. The number of hydrogen-bond acceptors (Lipinski definition) is 6. The maximum absolute atomic E-state index is 8.65. The quantitative estimate of drug-likeness (QED) is 0.512. The summed E-state index contributed by atoms with van der Waals surface area (Å²) in [6.45, 7) is 7.86. The van der Waals surface area contributed by atoms with Crippen molar-refractivity contribution in [3.8, 4) is 0 Å². The average molecular weight is 360 g/mol. The minimum Gasteiger partial charge on any atom is -0.435 e. The zero-order valence-corrected chi connectivity index (χ0v) is 15.8. The molecule has 6 heteroatoms. The molecule has 0 radical (unpaired) electrons. The van der Waals surface area contributed by atoms with Crippen LogP contribution >= 0.6 is 0 Å². The summed E-state index contributed by atoms with van der Waals surface area (Å²) in [7, 11) is 0. The summed E-state index contributed by atoms with van der Waals surface area (Å²) in [5.74, 6) is 1.44. The van der Waals surface area contributed by atoms with Gasteiger partial charge in [0.25, 0.3) is 0 Å². The van der Waals surface area contributed by atoms with E-state index in [4.69, 9.17) is 5.79 Å². The number of aromatic nitrogens is 3. The predicted octanol–water partition coefficient (Wildman–Crippen LogP) is 4.79. The lowest BCUT2D eigenvalue weighted by Crippen LogP contribution is -2.42. The third-order valence-corrected chi connectivity index (χ3v) is 5.18. The zero-order valence-electron chi connectivity index (χ0n) is 16.8. The molecule has 1 unspecified atom stereocenters. The van der Waals surface area contributed by atoms with Crippen LogP contribution in [0.4, 0.5) is 17.3 Å². The van der Waals surface area contributed by atoms with Gasteiger partial charge in [-0.05, 0) is 45.4 Å². The van der Waals surface area contributed by atoms with Gasteiger partial charge in [0.05, 0.1) is 7.06 Å². The minimum atomic E-state index is -0.851. The number of pyridine rings is 1. The third-order valence-electron chi connectivity index (χ3n) is 5.18. The molecule has 0 N–H and O–H groups in total. The Kier molecular flexibility index (Phi) is 3.14. The van der Waals surface area contributed by atoms with Crippen molar-refractivity contribution in [2.24, 2.45) is 0 Å². The Morgan fingerprint density at radius 1 is 1.04 bits per heavy atom. The summed E-state index contributed by atoms with van der Waals surface area (Å²) in [5.41, 5.74) is 3.41. The van der Waals surface area contributed by atoms with Gasteiger partial charge in [-0.25, -0.2) is 15.0 Å². The Morgan fingerprint density at radius 3 is 2.59 bits per heavy atom. The highest BCUT2D eigenvalue weighted by molar-refractivity contribution is 6.09. The summed E-state index contributed by atoms with van der Waals surface area (Å²) in [6, 6.07) is 7.26. The van der Waals surface area contributed by atoms with Crippen molar-refractivity contribution in [2.45, 2.75) is 39.9 Å². The van der Waals surface area contributed by atoms with Gasteiger partial charge in [0.15, 0.2) is 17.2 Å². The van der Waals surface area contributed by atoms with Gasteiger partial charge in [-0.3, -0.25) is 4.90 Å². The van der Waals surface area contributed by atoms with E-state index >= 15 is 0 Å². The number of aryl methyl sites for hydroxylation is 1. The van der Waals surface area contributed by atoms with E-state index < -0.39 is 6.02 Å². The monoisotopic (exact) mass is 360 g/mol. The van der Waals surface area contributed by atoms with Crippen molar-refractivity contribution >= 4 is 39.4 Å². The van der Waals surface area contributed by atoms with E-state index in [1.54, 1.807) is 18.6 Å². The van der Waals surface area contributed by atoms with Gasteiger partial charge in [0.2, 0.25) is 5.71 Å². The maximum Gasteiger partial charge on any atom is 0.227 e. The highest BCUT2D eigenvalue weighted by atomic mass is 16.3. The van der Waals surface area contributed by atoms with Crippen LogP contribution in [0.2, 0.25) is 0 Å². The number of benzene rings is 1. The molecule has 1 aliphatic rings. The van der Waals surface area contributed by atoms with Crippen LogP contribution in [0.1, 0.15) is 27.7 Å². The molecule has 0 aliphatic carbocycles. The van der Waals surface area contributed by atoms with Crippen molar-refractivity contribution in [2.75, 3.05) is 9.80 Å². The second-order valence-corrected chi connectivity index (χ2v) is 7.09. The van der Waals surface area contributed by atoms with Crippen molar-refractivity contribution in [3.63, 3.8) is 0 Å². The zero-order chi connectivity index (χ0) is 19.6. The van der Waals surface area contributed by atoms with E-state index in [9.17, 15) is 0 Å². The van der Waals surface area contributed by atoms with E-state index in [0.29, 0.717) is 11.5 Å². The van der Waals surface area contributed by atoms with Crippen LogP contribution in [0.25, 0.3) is 22.1 Å². The third kappa shape index (κ3) is 2.16. The largest absolute Gasteiger partial charge is 0.435 e. The van der Waals surface area contributed by atoms with Crippen LogP contribution in [-0.2, 0) is 0 Å². The molecule has 1 aliphatic heterocycles. The second kappa shape index (κ2) is 5.67. The molecule has 6 nitrogen and oxygen atoms in total. The fourth-order valence-electron chi connectivity index (χ4n) is 4.07. The number of fused-ring (bicyclic) bond motifs is 4. The van der Waals surface area contributed by atoms with Gasteiger partial charge in [-0.1, -0.05) is 12.1 Å². The lowest BCUT2D eigenvalue weighted by molar-refractivity contribution is 0.597. The van der Waals surface area contributed by atoms with Gasteiger partial charge in [0, 0.05) is 35.4 Å². The van der Waals surface area contributed by atoms with E-state index in [-0.39, 0.29) is 6.17 Å². The fourth-order valence-corrected chi connectivity index (χ4v) is 4.07. The summed E-state index contributed by atoms with van der Waals surface area (Å²) < 4.78 is 14.8. The first-order valence-electron chi connectivity index (χ1n) is 9.54. The fraction of sp³-hybridized carbons (Fsp3) is 0.286. The first-order valence-corrected chi connectivity index (χ1v) is 9.04. The van der Waals surface area contributed by atoms with Crippen LogP contribution in [0.15, 0.2) is 47.3 Å². The Hall–Kier alpha value is -3.15. The van der Waals surface area contributed by atoms with Crippen LogP contribution in [0, 0.1) is 6.92 Å². The smallest absolute Gasteiger partial charge is 0.227 e. The predicted molar refractivity (Wildman–Crippen MR) is 108 cm³/mol. The molecule has 0 saturated carbocycles. The number of hydrogen-bond donors (Lipinski definition) is 0. The Morgan fingerprint density at radius 2 is 1.81 bits per heavy atom. The lowest BCUT2D eigenvalue weighted by atomic mass is 10.1. The van der Waals surface area contributed by atoms with Gasteiger partial charge >= 0.3 is 0 Å². The first-order chi connectivity index (χ1) is 13.4. The van der Waals surface area contributed by atoms with Gasteiger partial charge in [-0.15, -0.1) is 0 Å². The number of nitrogens with zero attached hydrogens (tertiary/aromatic N) is 5. The van der Waals surface area contributed by atoms with E-state index in [2.05, 4.69) is 45.8 Å². The van der Waals surface area contributed by atoms with E-state index in [1.807, 2.05) is 30.9 Å². The molecule has 4 aromatic rings. The summed E-state index contributed by atoms with van der Waals surface area (Å²) in [4.78, 5) is 17.6. The second-order valence-electron chi connectivity index (χ2n) is 7.09. The molecule has 0 saturated heterocycles. The number of anilines is 3. The molecule has 0 spiro atoms. The normalized spacial score (nSPS) is 17.6. The lowest BCUT2D eigenvalue weighted by Gasteiger charge is -2.32. The summed E-state index contributed by atoms with van der Waals surface area (Å²) >= 11 is 0. The molecular weight excluding hydrogens is 338 g/mol. The van der Waals surface area contributed by atoms with Crippen molar-refractivity contribution < 1.29 is 5.79 Å². The first kappa shape index (κ1) is 15.0. The van der Waals surface area contributed by atoms with Crippen molar-refractivity contribution in [1.82, 2.24) is 15.0 Å². The molecule has 0 fully saturated rings. The van der Waals surface area contributed by atoms with Crippen molar-refractivity contribution in [3.05, 3.63) is 48.4 Å². The topological polar surface area (TPSA) is 58.3 Å². The average Bonchev–Trinajstić information content (AvgIpc) is 3.16. The molecular formula is C21H21N5O. The summed E-state index contributed by atoms with van der Waals surface area (Å²) in [6.07, 6.45) is 4.96. The molecule has 0 bridgehead atoms. The maximum atomic E-state index is 8.65. The molecule has 3 aromatic heterocycles. The molecule has 4 heterocycles. The molecule has 1 aromatic carbocycles. The van der Waals surface area contributed by atoms with Crippen LogP contribution in [0.5, 0.6) is 0 Å². The summed E-state index contributed by atoms with van der Waals surface area (Å²) in [5, 5.41) is 2.01. The highest BCUT2D eigenvalue weighted by Gasteiger charge is 2.39. The molecule has 0 amide bonds. The molecule has 136 valence electrons. The van der Waals surface area contributed by atoms with Crippen LogP contribution in [0.3, 0.4) is 0 Å². The standard InChI is InChI=1S/C21H21N5O/c1-12(2)25-14(4)26(20-19(25)22-10-11-23-20)17-13(3)7-8-15-16-6-5-9-24-21(16)27-18(15)17/h5-12,14H,1-4H3/i12D. The number of rotatable bonds is 2. The van der Waals surface area contributed by atoms with Gasteiger partial charge < -0.3 is 9.32 Å². The Labute approximate surface area is 158 Å². The molecule has 5 rings (SSSR count). The highest BCUT2D eigenvalue weighted by Crippen LogP contribution is 2.46. The SMILES string of the molecule is [2H]C(C)(C)N1c2nccnc2N(c2c(C)ccc3c2oc2ncccc23)C1C. The van der Waals surface area contributed by atoms with Gasteiger partial charge in [-0.2, -0.15) is 0 Å². The van der Waals surface area contributed by atoms with E-state index in [1.165, 1.54) is 0 Å². The van der Waals surface area contributed by atoms with Crippen LogP contribution < -0.4 is 9.80 Å². The Bertz CT molecular complexity index is 1210. The number of furan rings is 1. The van der Waals surface area contributed by atoms with Gasteiger partial charge in [0.1, 0.15) is 6.17 Å². The van der Waals surface area contributed by atoms with Crippen LogP contribution in [-0.4, -0.2) is 27.1 Å².